The number of carbonyl (C=O) groups excluding carboxylic acids is 2. The van der Waals surface area contributed by atoms with Crippen molar-refractivity contribution in [3.8, 4) is 0 Å². The van der Waals surface area contributed by atoms with Gasteiger partial charge in [-0.2, -0.15) is 0 Å². The molecule has 4 nitrogen and oxygen atoms in total. The fourth-order valence-corrected chi connectivity index (χ4v) is 2.83. The summed E-state index contributed by atoms with van der Waals surface area (Å²) in [6.07, 6.45) is 4.12. The lowest BCUT2D eigenvalue weighted by Gasteiger charge is -2.28. The molecule has 0 aliphatic rings. The summed E-state index contributed by atoms with van der Waals surface area (Å²) in [5.74, 6) is -1.10. The van der Waals surface area contributed by atoms with Crippen LogP contribution in [-0.2, 0) is 25.5 Å². The van der Waals surface area contributed by atoms with E-state index in [0.29, 0.717) is 5.33 Å². The molecular formula is C18H22Br2O4. The number of halogens is 2. The molecule has 0 radical (unpaired) electrons. The van der Waals surface area contributed by atoms with Gasteiger partial charge in [-0.15, -0.1) is 0 Å². The molecule has 132 valence electrons. The third kappa shape index (κ3) is 5.74. The lowest BCUT2D eigenvalue weighted by atomic mass is 9.78. The van der Waals surface area contributed by atoms with Crippen LogP contribution in [0.3, 0.4) is 0 Å². The summed E-state index contributed by atoms with van der Waals surface area (Å²) < 4.78 is 11.3. The average Bonchev–Trinajstić information content (AvgIpc) is 2.56. The predicted octanol–water partition coefficient (Wildman–Crippen LogP) is 4.45. The van der Waals surface area contributed by atoms with Crippen molar-refractivity contribution in [1.29, 1.82) is 0 Å². The largest absolute Gasteiger partial charge is 0.465 e. The van der Waals surface area contributed by atoms with E-state index in [4.69, 9.17) is 9.47 Å². The Labute approximate surface area is 159 Å². The Hall–Kier alpha value is -1.14. The van der Waals surface area contributed by atoms with Gasteiger partial charge >= 0.3 is 11.9 Å². The summed E-state index contributed by atoms with van der Waals surface area (Å²) >= 11 is 6.69. The molecule has 1 aromatic rings. The normalized spacial score (nSPS) is 11.5. The quantitative estimate of drug-likeness (QED) is 0.236. The number of alkyl halides is 1. The minimum Gasteiger partial charge on any atom is -0.465 e. The van der Waals surface area contributed by atoms with Crippen LogP contribution in [0.1, 0.15) is 25.8 Å². The number of esters is 2. The molecule has 6 heteroatoms. The number of hydrogen-bond acceptors (Lipinski definition) is 4. The molecule has 0 atom stereocenters. The van der Waals surface area contributed by atoms with Gasteiger partial charge in [0.2, 0.25) is 0 Å². The molecule has 0 amide bonds. The van der Waals surface area contributed by atoms with Crippen LogP contribution in [0.15, 0.2) is 40.9 Å². The van der Waals surface area contributed by atoms with E-state index in [2.05, 4.69) is 31.9 Å². The van der Waals surface area contributed by atoms with Crippen molar-refractivity contribution < 1.29 is 19.1 Å². The van der Waals surface area contributed by atoms with Crippen LogP contribution in [0, 0.1) is 5.41 Å². The predicted molar refractivity (Wildman–Crippen MR) is 101 cm³/mol. The summed E-state index contributed by atoms with van der Waals surface area (Å²) in [7, 11) is 0. The number of ether oxygens (including phenoxy) is 2. The van der Waals surface area contributed by atoms with Crippen LogP contribution in [0.5, 0.6) is 0 Å². The molecule has 0 saturated heterocycles. The molecule has 24 heavy (non-hydrogen) atoms. The molecule has 0 heterocycles. The van der Waals surface area contributed by atoms with Crippen LogP contribution in [-0.4, -0.2) is 30.5 Å². The molecule has 0 bridgehead atoms. The van der Waals surface area contributed by atoms with E-state index in [1.165, 1.54) is 0 Å². The Morgan fingerprint density at radius 3 is 2.04 bits per heavy atom. The summed E-state index contributed by atoms with van der Waals surface area (Å²) in [5, 5.41) is 0.646. The minimum atomic E-state index is -1.38. The summed E-state index contributed by atoms with van der Waals surface area (Å²) in [4.78, 5) is 25.3. The van der Waals surface area contributed by atoms with Gasteiger partial charge in [0.05, 0.1) is 13.2 Å². The SMILES string of the molecule is CCOC(=O)C(C/C=C\CBr)(Cc1ccc(Br)cc1)C(=O)OCC. The van der Waals surface area contributed by atoms with Crippen molar-refractivity contribution >= 4 is 43.8 Å². The second-order valence-corrected chi connectivity index (χ2v) is 6.72. The first-order valence-electron chi connectivity index (χ1n) is 7.80. The van der Waals surface area contributed by atoms with Crippen LogP contribution in [0.25, 0.3) is 0 Å². The Balaban J connectivity index is 3.25. The molecule has 1 aromatic carbocycles. The maximum atomic E-state index is 12.7. The van der Waals surface area contributed by atoms with Gasteiger partial charge in [0.1, 0.15) is 0 Å². The van der Waals surface area contributed by atoms with Crippen LogP contribution >= 0.6 is 31.9 Å². The maximum Gasteiger partial charge on any atom is 0.324 e. The van der Waals surface area contributed by atoms with Crippen LogP contribution in [0.4, 0.5) is 0 Å². The molecule has 0 aliphatic carbocycles. The molecule has 0 spiro atoms. The third-order valence-corrected chi connectivity index (χ3v) is 4.38. The molecule has 1 rings (SSSR count). The van der Waals surface area contributed by atoms with Crippen LogP contribution in [0.2, 0.25) is 0 Å². The minimum absolute atomic E-state index is 0.211. The second-order valence-electron chi connectivity index (χ2n) is 5.16. The first kappa shape index (κ1) is 20.9. The topological polar surface area (TPSA) is 52.6 Å². The molecule has 0 saturated carbocycles. The number of allylic oxidation sites excluding steroid dienone is 2. The van der Waals surface area contributed by atoms with Gasteiger partial charge in [-0.3, -0.25) is 9.59 Å². The average molecular weight is 462 g/mol. The van der Waals surface area contributed by atoms with Crippen molar-refractivity contribution in [2.24, 2.45) is 5.41 Å². The lowest BCUT2D eigenvalue weighted by molar-refractivity contribution is -0.171. The van der Waals surface area contributed by atoms with Gasteiger partial charge in [-0.1, -0.05) is 56.1 Å². The highest BCUT2D eigenvalue weighted by Gasteiger charge is 2.48. The smallest absolute Gasteiger partial charge is 0.324 e. The zero-order valence-electron chi connectivity index (χ0n) is 13.9. The first-order valence-corrected chi connectivity index (χ1v) is 9.71. The van der Waals surface area contributed by atoms with Crippen molar-refractivity contribution in [1.82, 2.24) is 0 Å². The van der Waals surface area contributed by atoms with E-state index in [9.17, 15) is 9.59 Å². The molecule has 0 aromatic heterocycles. The third-order valence-electron chi connectivity index (χ3n) is 3.47. The van der Waals surface area contributed by atoms with Gasteiger partial charge < -0.3 is 9.47 Å². The number of benzene rings is 1. The highest BCUT2D eigenvalue weighted by atomic mass is 79.9. The van der Waals surface area contributed by atoms with E-state index in [1.54, 1.807) is 19.9 Å². The van der Waals surface area contributed by atoms with Gasteiger partial charge in [0.25, 0.3) is 0 Å². The van der Waals surface area contributed by atoms with Crippen molar-refractivity contribution in [3.05, 3.63) is 46.5 Å². The van der Waals surface area contributed by atoms with Gasteiger partial charge in [0.15, 0.2) is 5.41 Å². The van der Waals surface area contributed by atoms with Gasteiger partial charge in [-0.05, 0) is 44.4 Å². The Morgan fingerprint density at radius 1 is 1.04 bits per heavy atom. The molecule has 0 N–H and O–H groups in total. The van der Waals surface area contributed by atoms with Gasteiger partial charge in [0, 0.05) is 9.80 Å². The monoisotopic (exact) mass is 460 g/mol. The standard InChI is InChI=1S/C18H22Br2O4/c1-3-23-16(21)18(11-5-6-12-19,17(22)24-4-2)13-14-7-9-15(20)10-8-14/h5-10H,3-4,11-13H2,1-2H3/b6-5-. The highest BCUT2D eigenvalue weighted by Crippen LogP contribution is 2.32. The summed E-state index contributed by atoms with van der Waals surface area (Å²) in [6, 6.07) is 7.52. The molecule has 0 aliphatic heterocycles. The summed E-state index contributed by atoms with van der Waals surface area (Å²) in [6.45, 7) is 3.87. The Bertz CT molecular complexity index is 549. The van der Waals surface area contributed by atoms with E-state index >= 15 is 0 Å². The Kier molecular flexibility index (Phi) is 9.29. The van der Waals surface area contributed by atoms with E-state index in [-0.39, 0.29) is 26.1 Å². The van der Waals surface area contributed by atoms with E-state index < -0.39 is 17.4 Å². The van der Waals surface area contributed by atoms with Gasteiger partial charge in [-0.25, -0.2) is 0 Å². The number of carbonyl (C=O) groups is 2. The second kappa shape index (κ2) is 10.7. The zero-order chi connectivity index (χ0) is 18.0. The van der Waals surface area contributed by atoms with E-state index in [0.717, 1.165) is 10.0 Å². The van der Waals surface area contributed by atoms with Crippen LogP contribution < -0.4 is 0 Å². The molecular weight excluding hydrogens is 440 g/mol. The highest BCUT2D eigenvalue weighted by molar-refractivity contribution is 9.10. The summed E-state index contributed by atoms with van der Waals surface area (Å²) in [5.41, 5.74) is -0.509. The van der Waals surface area contributed by atoms with Crippen molar-refractivity contribution in [3.63, 3.8) is 0 Å². The first-order chi connectivity index (χ1) is 11.5. The lowest BCUT2D eigenvalue weighted by Crippen LogP contribution is -2.43. The Morgan fingerprint density at radius 2 is 1.58 bits per heavy atom. The molecule has 0 unspecified atom stereocenters. The zero-order valence-corrected chi connectivity index (χ0v) is 17.1. The van der Waals surface area contributed by atoms with Crippen molar-refractivity contribution in [2.45, 2.75) is 26.7 Å². The maximum absolute atomic E-state index is 12.7. The van der Waals surface area contributed by atoms with E-state index in [1.807, 2.05) is 30.3 Å². The van der Waals surface area contributed by atoms with Crippen molar-refractivity contribution in [2.75, 3.05) is 18.5 Å². The number of rotatable bonds is 9. The molecule has 0 fully saturated rings. The number of hydrogen-bond donors (Lipinski definition) is 0. The fourth-order valence-electron chi connectivity index (χ4n) is 2.30. The fraction of sp³-hybridized carbons (Fsp3) is 0.444.